The summed E-state index contributed by atoms with van der Waals surface area (Å²) in [4.78, 5) is 12.0. The molecule has 94 valence electrons. The second-order valence-electron chi connectivity index (χ2n) is 4.20. The third kappa shape index (κ3) is 2.74. The van der Waals surface area contributed by atoms with E-state index in [0.717, 1.165) is 12.2 Å². The summed E-state index contributed by atoms with van der Waals surface area (Å²) < 4.78 is 0. The van der Waals surface area contributed by atoms with Crippen molar-refractivity contribution in [2.24, 2.45) is 0 Å². The van der Waals surface area contributed by atoms with Gasteiger partial charge in [0.25, 0.3) is 5.91 Å². The van der Waals surface area contributed by atoms with E-state index in [-0.39, 0.29) is 11.9 Å². The Hall–Kier alpha value is -1.17. The van der Waals surface area contributed by atoms with Gasteiger partial charge >= 0.3 is 0 Å². The molecule has 1 aromatic heterocycles. The number of nitrogen functional groups attached to an aromatic ring is 1. The fraction of sp³-hybridized carbons (Fsp3) is 0.636. The van der Waals surface area contributed by atoms with Gasteiger partial charge in [-0.15, -0.1) is 0 Å². The Bertz CT molecular complexity index is 393. The molecule has 0 bridgehead atoms. The number of carbonyl (C=O) groups is 1. The minimum Gasteiger partial charge on any atom is -0.383 e. The smallest absolute Gasteiger partial charge is 0.256 e. The Morgan fingerprint density at radius 2 is 2.53 bits per heavy atom. The Balaban J connectivity index is 1.97. The van der Waals surface area contributed by atoms with E-state index in [1.54, 1.807) is 0 Å². The van der Waals surface area contributed by atoms with E-state index in [0.29, 0.717) is 16.6 Å². The van der Waals surface area contributed by atoms with Crippen LogP contribution >= 0.6 is 11.8 Å². The Morgan fingerprint density at radius 1 is 1.71 bits per heavy atom. The summed E-state index contributed by atoms with van der Waals surface area (Å²) in [7, 11) is 0. The molecular weight excluding hydrogens is 236 g/mol. The lowest BCUT2D eigenvalue weighted by Crippen LogP contribution is -2.38. The lowest BCUT2D eigenvalue weighted by Gasteiger charge is -2.19. The fourth-order valence-electron chi connectivity index (χ4n) is 2.23. The second kappa shape index (κ2) is 5.44. The molecule has 6 heteroatoms. The van der Waals surface area contributed by atoms with Crippen LogP contribution in [0.4, 0.5) is 5.82 Å². The number of nitrogens with zero attached hydrogens (tertiary/aromatic N) is 1. The first-order valence-electron chi connectivity index (χ1n) is 5.93. The molecule has 0 radical (unpaired) electrons. The predicted molar refractivity (Wildman–Crippen MR) is 70.0 cm³/mol. The second-order valence-corrected chi connectivity index (χ2v) is 5.72. The number of hydrogen-bond donors (Lipinski definition) is 3. The third-order valence-electron chi connectivity index (χ3n) is 3.06. The Morgan fingerprint density at radius 3 is 3.18 bits per heavy atom. The van der Waals surface area contributed by atoms with E-state index in [9.17, 15) is 4.79 Å². The standard InChI is InChI=1S/C11H18N4OS/c1-2-17-9-5-3-4-8(9)14-11(16)7-6-13-15-10(7)12/h6,8-9H,2-5H2,1H3,(H,14,16)(H3,12,13,15). The first-order chi connectivity index (χ1) is 8.22. The van der Waals surface area contributed by atoms with Crippen molar-refractivity contribution in [1.29, 1.82) is 0 Å². The van der Waals surface area contributed by atoms with Crippen molar-refractivity contribution in [3.63, 3.8) is 0 Å². The zero-order valence-corrected chi connectivity index (χ0v) is 10.7. The maximum atomic E-state index is 12.0. The molecule has 2 atom stereocenters. The molecule has 1 saturated carbocycles. The van der Waals surface area contributed by atoms with E-state index >= 15 is 0 Å². The molecule has 1 aromatic rings. The summed E-state index contributed by atoms with van der Waals surface area (Å²) in [5.41, 5.74) is 6.07. The van der Waals surface area contributed by atoms with E-state index in [2.05, 4.69) is 22.4 Å². The predicted octanol–water partition coefficient (Wildman–Crippen LogP) is 1.40. The maximum absolute atomic E-state index is 12.0. The number of anilines is 1. The summed E-state index contributed by atoms with van der Waals surface area (Å²) in [6.07, 6.45) is 4.90. The summed E-state index contributed by atoms with van der Waals surface area (Å²) in [5.74, 6) is 1.30. The number of carbonyl (C=O) groups excluding carboxylic acids is 1. The monoisotopic (exact) mass is 254 g/mol. The van der Waals surface area contributed by atoms with Crippen molar-refractivity contribution in [2.45, 2.75) is 37.5 Å². The third-order valence-corrected chi connectivity index (χ3v) is 4.39. The average Bonchev–Trinajstić information content (AvgIpc) is 2.89. The Kier molecular flexibility index (Phi) is 3.93. The quantitative estimate of drug-likeness (QED) is 0.758. The largest absolute Gasteiger partial charge is 0.383 e. The highest BCUT2D eigenvalue weighted by atomic mass is 32.2. The van der Waals surface area contributed by atoms with Crippen LogP contribution in [0.5, 0.6) is 0 Å². The van der Waals surface area contributed by atoms with Crippen LogP contribution in [0.2, 0.25) is 0 Å². The van der Waals surface area contributed by atoms with Gasteiger partial charge in [-0.1, -0.05) is 13.3 Å². The molecule has 1 fully saturated rings. The zero-order chi connectivity index (χ0) is 12.3. The molecule has 5 nitrogen and oxygen atoms in total. The van der Waals surface area contributed by atoms with Crippen LogP contribution in [0.3, 0.4) is 0 Å². The molecular formula is C11H18N4OS. The van der Waals surface area contributed by atoms with Crippen LogP contribution in [0.15, 0.2) is 6.20 Å². The van der Waals surface area contributed by atoms with Crippen LogP contribution in [0, 0.1) is 0 Å². The molecule has 0 aromatic carbocycles. The zero-order valence-electron chi connectivity index (χ0n) is 9.90. The highest BCUT2D eigenvalue weighted by Crippen LogP contribution is 2.30. The molecule has 0 aliphatic heterocycles. The van der Waals surface area contributed by atoms with Crippen LogP contribution in [0.25, 0.3) is 0 Å². The van der Waals surface area contributed by atoms with Gasteiger partial charge in [-0.05, 0) is 18.6 Å². The number of nitrogens with two attached hydrogens (primary N) is 1. The number of hydrogen-bond acceptors (Lipinski definition) is 4. The number of H-pyrrole nitrogens is 1. The van der Waals surface area contributed by atoms with Crippen LogP contribution < -0.4 is 11.1 Å². The number of nitrogens with one attached hydrogen (secondary N) is 2. The van der Waals surface area contributed by atoms with Gasteiger partial charge in [0.05, 0.1) is 6.20 Å². The van der Waals surface area contributed by atoms with E-state index < -0.39 is 0 Å². The first kappa shape index (κ1) is 12.3. The maximum Gasteiger partial charge on any atom is 0.256 e. The summed E-state index contributed by atoms with van der Waals surface area (Å²) >= 11 is 1.92. The van der Waals surface area contributed by atoms with Crippen LogP contribution in [0.1, 0.15) is 36.5 Å². The van der Waals surface area contributed by atoms with Gasteiger partial charge < -0.3 is 11.1 Å². The number of rotatable bonds is 4. The lowest BCUT2D eigenvalue weighted by molar-refractivity contribution is 0.0939. The van der Waals surface area contributed by atoms with Gasteiger partial charge in [0.15, 0.2) is 0 Å². The van der Waals surface area contributed by atoms with E-state index in [1.807, 2.05) is 11.8 Å². The highest BCUT2D eigenvalue weighted by molar-refractivity contribution is 7.99. The van der Waals surface area contributed by atoms with Crippen molar-refractivity contribution in [3.05, 3.63) is 11.8 Å². The molecule has 2 rings (SSSR count). The average molecular weight is 254 g/mol. The van der Waals surface area contributed by atoms with E-state index in [1.165, 1.54) is 19.0 Å². The summed E-state index contributed by atoms with van der Waals surface area (Å²) in [6, 6.07) is 0.266. The van der Waals surface area contributed by atoms with Crippen molar-refractivity contribution >= 4 is 23.5 Å². The van der Waals surface area contributed by atoms with Gasteiger partial charge in [-0.2, -0.15) is 16.9 Å². The molecule has 17 heavy (non-hydrogen) atoms. The van der Waals surface area contributed by atoms with Crippen molar-refractivity contribution < 1.29 is 4.79 Å². The van der Waals surface area contributed by atoms with Crippen LogP contribution in [-0.4, -0.2) is 33.1 Å². The first-order valence-corrected chi connectivity index (χ1v) is 6.98. The van der Waals surface area contributed by atoms with Gasteiger partial charge in [-0.3, -0.25) is 9.89 Å². The molecule has 1 aliphatic rings. The molecule has 4 N–H and O–H groups in total. The van der Waals surface area contributed by atoms with Gasteiger partial charge in [0, 0.05) is 11.3 Å². The molecule has 2 unspecified atom stereocenters. The number of amides is 1. The van der Waals surface area contributed by atoms with Crippen molar-refractivity contribution in [2.75, 3.05) is 11.5 Å². The number of aromatic amines is 1. The highest BCUT2D eigenvalue weighted by Gasteiger charge is 2.29. The summed E-state index contributed by atoms with van der Waals surface area (Å²) in [5, 5.41) is 9.93. The van der Waals surface area contributed by atoms with Gasteiger partial charge in [0.1, 0.15) is 11.4 Å². The molecule has 1 amide bonds. The van der Waals surface area contributed by atoms with E-state index in [4.69, 9.17) is 5.73 Å². The van der Waals surface area contributed by atoms with Gasteiger partial charge in [-0.25, -0.2) is 0 Å². The molecule has 1 aliphatic carbocycles. The number of thioether (sulfide) groups is 1. The van der Waals surface area contributed by atoms with Crippen LogP contribution in [-0.2, 0) is 0 Å². The van der Waals surface area contributed by atoms with Crippen molar-refractivity contribution in [3.8, 4) is 0 Å². The molecule has 0 spiro atoms. The fourth-order valence-corrected chi connectivity index (χ4v) is 3.43. The molecule has 1 heterocycles. The lowest BCUT2D eigenvalue weighted by atomic mass is 10.2. The number of aromatic nitrogens is 2. The minimum absolute atomic E-state index is 0.121. The Labute approximate surface area is 105 Å². The summed E-state index contributed by atoms with van der Waals surface area (Å²) in [6.45, 7) is 2.15. The SMILES string of the molecule is CCSC1CCCC1NC(=O)c1cn[nH]c1N. The van der Waals surface area contributed by atoms with Crippen molar-refractivity contribution in [1.82, 2.24) is 15.5 Å². The molecule has 0 saturated heterocycles. The topological polar surface area (TPSA) is 83.8 Å². The minimum atomic E-state index is -0.121. The normalized spacial score (nSPS) is 23.8. The van der Waals surface area contributed by atoms with Gasteiger partial charge in [0.2, 0.25) is 0 Å².